The predicted molar refractivity (Wildman–Crippen MR) is 116 cm³/mol. The Kier molecular flexibility index (Phi) is 5.19. The average Bonchev–Trinajstić information content (AvgIpc) is 2.63. The molecule has 0 fully saturated rings. The van der Waals surface area contributed by atoms with Crippen LogP contribution < -0.4 is 22.1 Å². The summed E-state index contributed by atoms with van der Waals surface area (Å²) in [5.41, 5.74) is 12.9. The van der Waals surface area contributed by atoms with E-state index in [0.29, 0.717) is 5.39 Å². The Labute approximate surface area is 167 Å². The zero-order valence-electron chi connectivity index (χ0n) is 15.2. The van der Waals surface area contributed by atoms with Crippen molar-refractivity contribution in [1.29, 1.82) is 0 Å². The molecular weight excluding hydrogens is 387 g/mol. The SMILES string of the molecule is Bc1cc(SC)cc2ccc(N)c(N(F)C(C)(F)c3cc(Cl)ccc3N)c12. The van der Waals surface area contributed by atoms with Crippen LogP contribution in [0.25, 0.3) is 10.8 Å². The fraction of sp³-hybridized carbons (Fsp3) is 0.158. The van der Waals surface area contributed by atoms with E-state index in [0.717, 1.165) is 22.7 Å². The first-order valence-electron chi connectivity index (χ1n) is 8.24. The lowest BCUT2D eigenvalue weighted by Gasteiger charge is -2.32. The van der Waals surface area contributed by atoms with E-state index in [1.54, 1.807) is 23.9 Å². The van der Waals surface area contributed by atoms with Crippen LogP contribution in [0.3, 0.4) is 0 Å². The zero-order chi connectivity index (χ0) is 19.9. The molecule has 0 radical (unpaired) electrons. The number of nitrogen functional groups attached to an aromatic ring is 2. The molecule has 1 unspecified atom stereocenters. The number of halogens is 3. The molecule has 8 heteroatoms. The van der Waals surface area contributed by atoms with Crippen LogP contribution in [-0.2, 0) is 5.79 Å². The first kappa shape index (κ1) is 19.6. The van der Waals surface area contributed by atoms with Gasteiger partial charge in [-0.2, -0.15) is 5.12 Å². The molecule has 3 aromatic carbocycles. The minimum absolute atomic E-state index is 0.0259. The molecular formula is C19H19BClF2N3S. The molecule has 3 aromatic rings. The van der Waals surface area contributed by atoms with Gasteiger partial charge in [-0.3, -0.25) is 0 Å². The Morgan fingerprint density at radius 2 is 1.78 bits per heavy atom. The van der Waals surface area contributed by atoms with Crippen molar-refractivity contribution in [2.24, 2.45) is 0 Å². The third-order valence-electron chi connectivity index (χ3n) is 4.60. The summed E-state index contributed by atoms with van der Waals surface area (Å²) < 4.78 is 31.2. The molecule has 0 aliphatic heterocycles. The second kappa shape index (κ2) is 7.13. The second-order valence-corrected chi connectivity index (χ2v) is 7.83. The maximum Gasteiger partial charge on any atom is 0.235 e. The van der Waals surface area contributed by atoms with Crippen molar-refractivity contribution in [3.05, 3.63) is 53.1 Å². The number of nitrogens with two attached hydrogens (primary N) is 2. The Bertz CT molecular complexity index is 1030. The van der Waals surface area contributed by atoms with Crippen LogP contribution in [0.1, 0.15) is 12.5 Å². The van der Waals surface area contributed by atoms with E-state index in [9.17, 15) is 0 Å². The van der Waals surface area contributed by atoms with Gasteiger partial charge in [-0.05, 0) is 48.9 Å². The Balaban J connectivity index is 2.24. The number of benzene rings is 3. The molecule has 3 nitrogen and oxygen atoms in total. The van der Waals surface area contributed by atoms with Crippen LogP contribution in [0.4, 0.5) is 25.9 Å². The van der Waals surface area contributed by atoms with Gasteiger partial charge in [-0.25, -0.2) is 4.39 Å². The normalized spacial score (nSPS) is 13.5. The van der Waals surface area contributed by atoms with Gasteiger partial charge < -0.3 is 11.5 Å². The van der Waals surface area contributed by atoms with Gasteiger partial charge in [-0.15, -0.1) is 11.8 Å². The lowest BCUT2D eigenvalue weighted by Crippen LogP contribution is -2.36. The fourth-order valence-corrected chi connectivity index (χ4v) is 3.92. The molecule has 0 saturated heterocycles. The minimum Gasteiger partial charge on any atom is -0.398 e. The molecule has 0 aromatic heterocycles. The molecule has 140 valence electrons. The van der Waals surface area contributed by atoms with Gasteiger partial charge in [0.15, 0.2) is 0 Å². The highest BCUT2D eigenvalue weighted by molar-refractivity contribution is 7.98. The molecule has 4 N–H and O–H groups in total. The quantitative estimate of drug-likeness (QED) is 0.225. The smallest absolute Gasteiger partial charge is 0.235 e. The largest absolute Gasteiger partial charge is 0.398 e. The van der Waals surface area contributed by atoms with E-state index >= 15 is 8.87 Å². The second-order valence-electron chi connectivity index (χ2n) is 6.51. The number of rotatable bonds is 4. The summed E-state index contributed by atoms with van der Waals surface area (Å²) >= 11 is 7.55. The van der Waals surface area contributed by atoms with Gasteiger partial charge in [0.1, 0.15) is 13.5 Å². The topological polar surface area (TPSA) is 55.3 Å². The number of hydrogen-bond donors (Lipinski definition) is 2. The molecule has 0 heterocycles. The summed E-state index contributed by atoms with van der Waals surface area (Å²) in [6, 6.07) is 11.5. The number of hydrogen-bond acceptors (Lipinski definition) is 4. The molecule has 0 bridgehead atoms. The Hall–Kier alpha value is -2.12. The standard InChI is InChI=1S/C19H19BClF2N3S/c1-19(22,13-8-11(21)4-6-15(13)24)26(23)18-16(25)5-3-10-7-12(27-2)9-14(20)17(10)18/h3-9H,20,24-25H2,1-2H3. The molecule has 0 amide bonds. The van der Waals surface area contributed by atoms with Gasteiger partial charge in [-0.1, -0.05) is 33.7 Å². The average molecular weight is 406 g/mol. The van der Waals surface area contributed by atoms with E-state index in [1.807, 2.05) is 26.2 Å². The van der Waals surface area contributed by atoms with E-state index in [2.05, 4.69) is 0 Å². The van der Waals surface area contributed by atoms with Gasteiger partial charge in [0.05, 0.1) is 5.69 Å². The molecule has 0 saturated carbocycles. The summed E-state index contributed by atoms with van der Waals surface area (Å²) in [6.45, 7) is 1.10. The maximum absolute atomic E-state index is 15.7. The summed E-state index contributed by atoms with van der Waals surface area (Å²) in [6.07, 6.45) is 1.96. The van der Waals surface area contributed by atoms with Crippen LogP contribution in [0.15, 0.2) is 47.4 Å². The first-order chi connectivity index (χ1) is 12.7. The molecule has 0 aliphatic rings. The highest BCUT2D eigenvalue weighted by Crippen LogP contribution is 2.43. The highest BCUT2D eigenvalue weighted by Gasteiger charge is 2.39. The van der Waals surface area contributed by atoms with Crippen molar-refractivity contribution in [3.63, 3.8) is 0 Å². The van der Waals surface area contributed by atoms with Gasteiger partial charge in [0, 0.05) is 26.6 Å². The zero-order valence-corrected chi connectivity index (χ0v) is 16.8. The van der Waals surface area contributed by atoms with Crippen molar-refractivity contribution in [2.75, 3.05) is 22.8 Å². The number of nitrogens with zero attached hydrogens (tertiary/aromatic N) is 1. The van der Waals surface area contributed by atoms with Crippen molar-refractivity contribution in [3.8, 4) is 0 Å². The van der Waals surface area contributed by atoms with Crippen molar-refractivity contribution >= 4 is 64.5 Å². The van der Waals surface area contributed by atoms with Crippen LogP contribution in [0, 0.1) is 0 Å². The Morgan fingerprint density at radius 1 is 1.11 bits per heavy atom. The van der Waals surface area contributed by atoms with Crippen molar-refractivity contribution in [2.45, 2.75) is 17.6 Å². The van der Waals surface area contributed by atoms with Gasteiger partial charge in [0.25, 0.3) is 0 Å². The number of alkyl halides is 1. The van der Waals surface area contributed by atoms with Crippen LogP contribution in [0.5, 0.6) is 0 Å². The number of anilines is 3. The van der Waals surface area contributed by atoms with Gasteiger partial charge >= 0.3 is 0 Å². The number of thioether (sulfide) groups is 1. The highest BCUT2D eigenvalue weighted by atomic mass is 35.5. The summed E-state index contributed by atoms with van der Waals surface area (Å²) in [7, 11) is 1.85. The van der Waals surface area contributed by atoms with Crippen molar-refractivity contribution in [1.82, 2.24) is 0 Å². The van der Waals surface area contributed by atoms with E-state index in [-0.39, 0.29) is 32.8 Å². The van der Waals surface area contributed by atoms with Crippen LogP contribution >= 0.6 is 23.4 Å². The molecule has 0 aliphatic carbocycles. The predicted octanol–water partition coefficient (Wildman–Crippen LogP) is 4.17. The minimum atomic E-state index is -2.57. The van der Waals surface area contributed by atoms with Gasteiger partial charge in [0.2, 0.25) is 5.79 Å². The first-order valence-corrected chi connectivity index (χ1v) is 9.84. The third kappa shape index (κ3) is 3.41. The van der Waals surface area contributed by atoms with E-state index < -0.39 is 5.79 Å². The molecule has 0 spiro atoms. The maximum atomic E-state index is 15.7. The summed E-state index contributed by atoms with van der Waals surface area (Å²) in [4.78, 5) is 1.03. The third-order valence-corrected chi connectivity index (χ3v) is 5.54. The number of fused-ring (bicyclic) bond motifs is 1. The Morgan fingerprint density at radius 3 is 2.44 bits per heavy atom. The van der Waals surface area contributed by atoms with Crippen LogP contribution in [0.2, 0.25) is 5.02 Å². The fourth-order valence-electron chi connectivity index (χ4n) is 3.21. The monoisotopic (exact) mass is 405 g/mol. The summed E-state index contributed by atoms with van der Waals surface area (Å²) in [5.74, 6) is -2.57. The summed E-state index contributed by atoms with van der Waals surface area (Å²) in [5, 5.41) is 1.64. The lowest BCUT2D eigenvalue weighted by atomic mass is 9.88. The molecule has 1 atom stereocenters. The molecule has 27 heavy (non-hydrogen) atoms. The van der Waals surface area contributed by atoms with E-state index in [4.69, 9.17) is 23.1 Å². The molecule has 3 rings (SSSR count). The lowest BCUT2D eigenvalue weighted by molar-refractivity contribution is 0.114. The van der Waals surface area contributed by atoms with Crippen LogP contribution in [-0.4, -0.2) is 14.1 Å². The van der Waals surface area contributed by atoms with Crippen molar-refractivity contribution < 1.29 is 8.87 Å². The van der Waals surface area contributed by atoms with E-state index in [1.165, 1.54) is 18.2 Å².